The fraction of sp³-hybridized carbons (Fsp3) is 0.222. The van der Waals surface area contributed by atoms with Gasteiger partial charge in [-0.25, -0.2) is 17.2 Å². The molecule has 1 heterocycles. The number of benzene rings is 2. The zero-order valence-electron chi connectivity index (χ0n) is 14.9. The number of nitrogens with one attached hydrogen (secondary N) is 2. The van der Waals surface area contributed by atoms with Crippen molar-refractivity contribution in [2.24, 2.45) is 0 Å². The lowest BCUT2D eigenvalue weighted by Crippen LogP contribution is -2.29. The Morgan fingerprint density at radius 3 is 2.69 bits per heavy atom. The van der Waals surface area contributed by atoms with Gasteiger partial charge in [0.05, 0.1) is 20.8 Å². The first-order chi connectivity index (χ1) is 13.8. The minimum absolute atomic E-state index is 0.0135. The quantitative estimate of drug-likeness (QED) is 0.315. The minimum Gasteiger partial charge on any atom is -0.349 e. The molecule has 152 valence electrons. The molecule has 11 heteroatoms. The molecule has 0 amide bonds. The van der Waals surface area contributed by atoms with Gasteiger partial charge in [-0.15, -0.1) is 11.7 Å². The number of rotatable bonds is 7. The monoisotopic (exact) mass is 548 g/mol. The summed E-state index contributed by atoms with van der Waals surface area (Å²) in [6.45, 7) is 3.62. The zero-order valence-corrected chi connectivity index (χ0v) is 18.7. The van der Waals surface area contributed by atoms with Crippen molar-refractivity contribution in [2.45, 2.75) is 24.0 Å². The summed E-state index contributed by atoms with van der Waals surface area (Å²) in [5.74, 6) is -1.40. The average Bonchev–Trinajstić information content (AvgIpc) is 3.30. The molecule has 1 aliphatic rings. The molecule has 1 aliphatic carbocycles. The van der Waals surface area contributed by atoms with E-state index in [0.29, 0.717) is 27.5 Å². The molecule has 1 saturated carbocycles. The Balaban J connectivity index is 1.80. The maximum atomic E-state index is 15.2. The molecule has 6 nitrogen and oxygen atoms in total. The van der Waals surface area contributed by atoms with Crippen LogP contribution in [0.3, 0.4) is 0 Å². The van der Waals surface area contributed by atoms with Crippen LogP contribution < -0.4 is 10.0 Å². The Bertz CT molecular complexity index is 1230. The van der Waals surface area contributed by atoms with Gasteiger partial charge in [0.2, 0.25) is 10.0 Å². The van der Waals surface area contributed by atoms with Crippen molar-refractivity contribution in [1.82, 2.24) is 9.59 Å². The summed E-state index contributed by atoms with van der Waals surface area (Å²) < 4.78 is 61.7. The Kier molecular flexibility index (Phi) is 5.23. The van der Waals surface area contributed by atoms with Crippen molar-refractivity contribution in [1.29, 1.82) is 0 Å². The number of sulfonamides is 1. The van der Waals surface area contributed by atoms with E-state index in [9.17, 15) is 12.8 Å². The predicted molar refractivity (Wildman–Crippen MR) is 119 cm³/mol. The maximum absolute atomic E-state index is 15.2. The maximum Gasteiger partial charge on any atom is 0.238 e. The van der Waals surface area contributed by atoms with Crippen molar-refractivity contribution in [3.05, 3.63) is 52.1 Å². The van der Waals surface area contributed by atoms with Crippen LogP contribution in [-0.2, 0) is 10.0 Å². The van der Waals surface area contributed by atoms with Gasteiger partial charge in [0.15, 0.2) is 5.82 Å². The lowest BCUT2D eigenvalue weighted by molar-refractivity contribution is 0.582. The van der Waals surface area contributed by atoms with E-state index in [0.717, 1.165) is 11.5 Å². The van der Waals surface area contributed by atoms with E-state index in [-0.39, 0.29) is 22.6 Å². The number of allylic oxidation sites excluding steroid dienone is 1. The summed E-state index contributed by atoms with van der Waals surface area (Å²) in [4.78, 5) is 0. The second-order valence-corrected chi connectivity index (χ2v) is 10.9. The molecule has 0 spiro atoms. The lowest BCUT2D eigenvalue weighted by Gasteiger charge is -2.19. The predicted octanol–water partition coefficient (Wildman–Crippen LogP) is 5.17. The fourth-order valence-electron chi connectivity index (χ4n) is 3.05. The number of hydrogen-bond acceptors (Lipinski definition) is 6. The van der Waals surface area contributed by atoms with Crippen LogP contribution in [0.15, 0.2) is 36.9 Å². The standard InChI is InChI=1S/C18H15F2IN4O2S2/c1-2-5-18(6-7-18)29(26,27)24-13-9-14-17(23-25-28-14)15(20)16(13)22-12-4-3-10(21)8-11(12)19/h2-4,8-9,22,24H,1,5-7H2. The third kappa shape index (κ3) is 3.70. The van der Waals surface area contributed by atoms with Gasteiger partial charge in [0.1, 0.15) is 17.0 Å². The molecule has 29 heavy (non-hydrogen) atoms. The van der Waals surface area contributed by atoms with Crippen LogP contribution in [0.25, 0.3) is 10.2 Å². The first-order valence-corrected chi connectivity index (χ1v) is 11.9. The van der Waals surface area contributed by atoms with Gasteiger partial charge >= 0.3 is 0 Å². The van der Waals surface area contributed by atoms with Crippen LogP contribution in [0, 0.1) is 15.2 Å². The molecule has 0 unspecified atom stereocenters. The van der Waals surface area contributed by atoms with Crippen molar-refractivity contribution in [3.8, 4) is 0 Å². The summed E-state index contributed by atoms with van der Waals surface area (Å²) in [5, 5.41) is 6.43. The van der Waals surface area contributed by atoms with Crippen LogP contribution in [-0.4, -0.2) is 22.8 Å². The number of halogens is 3. The highest BCUT2D eigenvalue weighted by Crippen LogP contribution is 2.48. The molecular formula is C18H15F2IN4O2S2. The molecule has 0 saturated heterocycles. The molecular weight excluding hydrogens is 533 g/mol. The first kappa shape index (κ1) is 20.4. The Hall–Kier alpha value is -1.86. The lowest BCUT2D eigenvalue weighted by atomic mass is 10.2. The Labute approximate surface area is 183 Å². The second kappa shape index (κ2) is 7.43. The third-order valence-corrected chi connectivity index (χ3v) is 8.36. The average molecular weight is 548 g/mol. The first-order valence-electron chi connectivity index (χ1n) is 8.56. The number of aromatic nitrogens is 2. The summed E-state index contributed by atoms with van der Waals surface area (Å²) in [7, 11) is -3.82. The molecule has 1 aromatic heterocycles. The number of hydrogen-bond donors (Lipinski definition) is 2. The van der Waals surface area contributed by atoms with E-state index in [1.54, 1.807) is 12.1 Å². The fourth-order valence-corrected chi connectivity index (χ4v) is 5.75. The van der Waals surface area contributed by atoms with Crippen LogP contribution in [0.1, 0.15) is 19.3 Å². The molecule has 0 aliphatic heterocycles. The van der Waals surface area contributed by atoms with Crippen LogP contribution >= 0.6 is 34.1 Å². The molecule has 2 N–H and O–H groups in total. The highest BCUT2D eigenvalue weighted by Gasteiger charge is 2.53. The molecule has 3 aromatic rings. The largest absolute Gasteiger partial charge is 0.349 e. The van der Waals surface area contributed by atoms with Gasteiger partial charge in [-0.2, -0.15) is 0 Å². The van der Waals surface area contributed by atoms with Crippen LogP contribution in [0.2, 0.25) is 0 Å². The highest BCUT2D eigenvalue weighted by molar-refractivity contribution is 14.1. The van der Waals surface area contributed by atoms with E-state index < -0.39 is 26.4 Å². The summed E-state index contributed by atoms with van der Waals surface area (Å²) in [5.41, 5.74) is -0.226. The Morgan fingerprint density at radius 1 is 1.28 bits per heavy atom. The van der Waals surface area contributed by atoms with Gasteiger partial charge in [0.25, 0.3) is 0 Å². The van der Waals surface area contributed by atoms with Gasteiger partial charge in [0, 0.05) is 3.57 Å². The van der Waals surface area contributed by atoms with Gasteiger partial charge in [-0.05, 0) is 77.7 Å². The van der Waals surface area contributed by atoms with E-state index >= 15 is 4.39 Å². The van der Waals surface area contributed by atoms with Crippen molar-refractivity contribution in [2.75, 3.05) is 10.0 Å². The summed E-state index contributed by atoms with van der Waals surface area (Å²) in [6.07, 6.45) is 2.85. The summed E-state index contributed by atoms with van der Waals surface area (Å²) in [6, 6.07) is 5.85. The second-order valence-electron chi connectivity index (χ2n) is 6.76. The van der Waals surface area contributed by atoms with E-state index in [2.05, 4.69) is 26.2 Å². The van der Waals surface area contributed by atoms with Gasteiger partial charge in [-0.3, -0.25) is 4.72 Å². The summed E-state index contributed by atoms with van der Waals surface area (Å²) >= 11 is 2.90. The molecule has 2 aromatic carbocycles. The number of fused-ring (bicyclic) bond motifs is 1. The van der Waals surface area contributed by atoms with Crippen LogP contribution in [0.5, 0.6) is 0 Å². The minimum atomic E-state index is -3.82. The SMILES string of the molecule is C=CCC1(S(=O)(=O)Nc2cc3snnc3c(F)c2Nc2ccc(I)cc2F)CC1. The van der Waals surface area contributed by atoms with Crippen molar-refractivity contribution >= 4 is 71.4 Å². The van der Waals surface area contributed by atoms with E-state index in [1.165, 1.54) is 18.2 Å². The smallest absolute Gasteiger partial charge is 0.238 e. The van der Waals surface area contributed by atoms with E-state index in [4.69, 9.17) is 0 Å². The highest BCUT2D eigenvalue weighted by atomic mass is 127. The molecule has 0 atom stereocenters. The molecule has 1 fully saturated rings. The van der Waals surface area contributed by atoms with Gasteiger partial charge in [-0.1, -0.05) is 10.6 Å². The number of nitrogens with zero attached hydrogens (tertiary/aromatic N) is 2. The van der Waals surface area contributed by atoms with E-state index in [1.807, 2.05) is 22.6 Å². The Morgan fingerprint density at radius 2 is 2.03 bits per heavy atom. The topological polar surface area (TPSA) is 84.0 Å². The van der Waals surface area contributed by atoms with Crippen LogP contribution in [0.4, 0.5) is 25.8 Å². The normalized spacial score (nSPS) is 15.3. The van der Waals surface area contributed by atoms with Crippen molar-refractivity contribution < 1.29 is 17.2 Å². The molecule has 0 bridgehead atoms. The number of anilines is 3. The zero-order chi connectivity index (χ0) is 20.8. The molecule has 0 radical (unpaired) electrons. The van der Waals surface area contributed by atoms with Crippen molar-refractivity contribution in [3.63, 3.8) is 0 Å². The molecule has 4 rings (SSSR count). The van der Waals surface area contributed by atoms with Gasteiger partial charge < -0.3 is 5.32 Å². The third-order valence-electron chi connectivity index (χ3n) is 4.81.